The Hall–Kier alpha value is -1.21. The van der Waals surface area contributed by atoms with Gasteiger partial charge in [0.1, 0.15) is 0 Å². The molecule has 0 aromatic rings. The fourth-order valence-corrected chi connectivity index (χ4v) is 2.32. The van der Waals surface area contributed by atoms with Crippen LogP contribution < -0.4 is 10.6 Å². The van der Waals surface area contributed by atoms with Crippen LogP contribution in [0.25, 0.3) is 0 Å². The maximum absolute atomic E-state index is 5.23. The van der Waals surface area contributed by atoms with Crippen LogP contribution in [0.3, 0.4) is 0 Å². The highest BCUT2D eigenvalue weighted by Crippen LogP contribution is 2.21. The number of likely N-dealkylation sites (N-methyl/N-ethyl adjacent to an activating group) is 1. The van der Waals surface area contributed by atoms with Gasteiger partial charge in [-0.15, -0.1) is 6.42 Å². The molecule has 18 heavy (non-hydrogen) atoms. The van der Waals surface area contributed by atoms with E-state index in [-0.39, 0.29) is 0 Å². The molecule has 0 amide bonds. The van der Waals surface area contributed by atoms with E-state index in [1.807, 2.05) is 0 Å². The summed E-state index contributed by atoms with van der Waals surface area (Å²) in [6.07, 6.45) is 10.7. The average molecular weight is 250 g/mol. The Morgan fingerprint density at radius 3 is 2.72 bits per heavy atom. The third-order valence-electron chi connectivity index (χ3n) is 3.37. The second-order valence-electron chi connectivity index (χ2n) is 4.74. The molecule has 1 aliphatic rings. The van der Waals surface area contributed by atoms with Gasteiger partial charge < -0.3 is 15.5 Å². The summed E-state index contributed by atoms with van der Waals surface area (Å²) < 4.78 is 0. The van der Waals surface area contributed by atoms with Gasteiger partial charge >= 0.3 is 0 Å². The van der Waals surface area contributed by atoms with Crippen LogP contribution in [-0.4, -0.2) is 50.1 Å². The average Bonchev–Trinajstić information content (AvgIpc) is 2.89. The normalized spacial score (nSPS) is 16.9. The van der Waals surface area contributed by atoms with Crippen molar-refractivity contribution in [1.29, 1.82) is 0 Å². The minimum absolute atomic E-state index is 0.518. The lowest BCUT2D eigenvalue weighted by molar-refractivity contribution is 0.252. The second kappa shape index (κ2) is 8.82. The number of aliphatic imine (C=N–C) groups is 1. The van der Waals surface area contributed by atoms with E-state index in [0.717, 1.165) is 31.6 Å². The van der Waals surface area contributed by atoms with Crippen LogP contribution in [-0.2, 0) is 0 Å². The van der Waals surface area contributed by atoms with Gasteiger partial charge in [0.15, 0.2) is 5.96 Å². The van der Waals surface area contributed by atoms with Crippen molar-refractivity contribution in [2.24, 2.45) is 4.99 Å². The first-order chi connectivity index (χ1) is 8.77. The summed E-state index contributed by atoms with van der Waals surface area (Å²) in [5.41, 5.74) is 0. The lowest BCUT2D eigenvalue weighted by Gasteiger charge is -2.23. The molecule has 4 nitrogen and oxygen atoms in total. The Morgan fingerprint density at radius 1 is 1.39 bits per heavy atom. The highest BCUT2D eigenvalue weighted by molar-refractivity contribution is 5.79. The summed E-state index contributed by atoms with van der Waals surface area (Å²) in [6.45, 7) is 5.25. The van der Waals surface area contributed by atoms with Gasteiger partial charge in [-0.3, -0.25) is 4.99 Å². The number of rotatable bonds is 6. The summed E-state index contributed by atoms with van der Waals surface area (Å²) in [4.78, 5) is 6.95. The number of guanidine groups is 1. The van der Waals surface area contributed by atoms with Crippen LogP contribution in [0.4, 0.5) is 0 Å². The minimum Gasteiger partial charge on any atom is -0.357 e. The molecule has 0 saturated heterocycles. The smallest absolute Gasteiger partial charge is 0.192 e. The second-order valence-corrected chi connectivity index (χ2v) is 4.74. The first-order valence-electron chi connectivity index (χ1n) is 6.93. The van der Waals surface area contributed by atoms with Gasteiger partial charge in [0.25, 0.3) is 0 Å². The molecule has 1 rings (SSSR count). The van der Waals surface area contributed by atoms with E-state index in [0.29, 0.717) is 6.54 Å². The van der Waals surface area contributed by atoms with Gasteiger partial charge in [0.05, 0.1) is 13.1 Å². The van der Waals surface area contributed by atoms with Crippen LogP contribution in [0.2, 0.25) is 0 Å². The Balaban J connectivity index is 2.28. The molecule has 0 heterocycles. The standard InChI is InChI=1S/C14H26N4/c1-4-10-16-14(15-5-2)17-11-12-18(3)13-8-6-7-9-13/h1,13H,5-12H2,2-3H3,(H2,15,16,17). The largest absolute Gasteiger partial charge is 0.357 e. The maximum atomic E-state index is 5.23. The van der Waals surface area contributed by atoms with Gasteiger partial charge in [-0.1, -0.05) is 18.8 Å². The zero-order chi connectivity index (χ0) is 13.2. The van der Waals surface area contributed by atoms with E-state index in [1.165, 1.54) is 25.7 Å². The first kappa shape index (κ1) is 14.8. The van der Waals surface area contributed by atoms with Crippen molar-refractivity contribution in [3.8, 4) is 12.3 Å². The molecule has 0 aliphatic heterocycles. The minimum atomic E-state index is 0.518. The van der Waals surface area contributed by atoms with Gasteiger partial charge in [0.2, 0.25) is 0 Å². The molecule has 0 unspecified atom stereocenters. The summed E-state index contributed by atoms with van der Waals surface area (Å²) in [6, 6.07) is 0.765. The fraction of sp³-hybridized carbons (Fsp3) is 0.786. The molecule has 0 radical (unpaired) electrons. The summed E-state index contributed by atoms with van der Waals surface area (Å²) in [5.74, 6) is 3.37. The van der Waals surface area contributed by atoms with Gasteiger partial charge in [-0.25, -0.2) is 0 Å². The molecule has 1 saturated carbocycles. The molecule has 0 bridgehead atoms. The Labute approximate surface area is 111 Å². The molecule has 102 valence electrons. The molecular weight excluding hydrogens is 224 g/mol. The summed E-state index contributed by atoms with van der Waals surface area (Å²) in [7, 11) is 2.20. The molecule has 0 aromatic heterocycles. The zero-order valence-corrected chi connectivity index (χ0v) is 11.7. The highest BCUT2D eigenvalue weighted by Gasteiger charge is 2.18. The van der Waals surface area contributed by atoms with Crippen LogP contribution in [0, 0.1) is 12.3 Å². The highest BCUT2D eigenvalue weighted by atomic mass is 15.2. The number of nitrogens with zero attached hydrogens (tertiary/aromatic N) is 2. The molecule has 1 aliphatic carbocycles. The lowest BCUT2D eigenvalue weighted by Crippen LogP contribution is -2.38. The summed E-state index contributed by atoms with van der Waals surface area (Å²) in [5, 5.41) is 6.28. The van der Waals surface area contributed by atoms with E-state index in [1.54, 1.807) is 0 Å². The molecule has 0 spiro atoms. The predicted octanol–water partition coefficient (Wildman–Crippen LogP) is 1.05. The van der Waals surface area contributed by atoms with Crippen molar-refractivity contribution in [3.63, 3.8) is 0 Å². The monoisotopic (exact) mass is 250 g/mol. The van der Waals surface area contributed by atoms with Crippen molar-refractivity contribution in [2.75, 3.05) is 33.2 Å². The molecule has 0 aromatic carbocycles. The Kier molecular flexibility index (Phi) is 7.28. The van der Waals surface area contributed by atoms with Crippen molar-refractivity contribution in [1.82, 2.24) is 15.5 Å². The molecular formula is C14H26N4. The third-order valence-corrected chi connectivity index (χ3v) is 3.37. The number of hydrogen-bond acceptors (Lipinski definition) is 2. The number of terminal acetylenes is 1. The molecule has 0 atom stereocenters. The Bertz CT molecular complexity index is 287. The molecule has 2 N–H and O–H groups in total. The van der Waals surface area contributed by atoms with E-state index < -0.39 is 0 Å². The van der Waals surface area contributed by atoms with Crippen LogP contribution in [0.5, 0.6) is 0 Å². The van der Waals surface area contributed by atoms with Crippen LogP contribution in [0.15, 0.2) is 4.99 Å². The number of nitrogens with one attached hydrogen (secondary N) is 2. The van der Waals surface area contributed by atoms with Crippen LogP contribution in [0.1, 0.15) is 32.6 Å². The fourth-order valence-electron chi connectivity index (χ4n) is 2.32. The van der Waals surface area contributed by atoms with Crippen molar-refractivity contribution in [2.45, 2.75) is 38.6 Å². The van der Waals surface area contributed by atoms with E-state index >= 15 is 0 Å². The number of hydrogen-bond donors (Lipinski definition) is 2. The van der Waals surface area contributed by atoms with Crippen molar-refractivity contribution in [3.05, 3.63) is 0 Å². The molecule has 1 fully saturated rings. The van der Waals surface area contributed by atoms with E-state index in [2.05, 4.69) is 40.4 Å². The van der Waals surface area contributed by atoms with Gasteiger partial charge in [-0.2, -0.15) is 0 Å². The van der Waals surface area contributed by atoms with Crippen molar-refractivity contribution < 1.29 is 0 Å². The van der Waals surface area contributed by atoms with E-state index in [9.17, 15) is 0 Å². The summed E-state index contributed by atoms with van der Waals surface area (Å²) >= 11 is 0. The predicted molar refractivity (Wildman–Crippen MR) is 77.7 cm³/mol. The topological polar surface area (TPSA) is 39.7 Å². The first-order valence-corrected chi connectivity index (χ1v) is 6.93. The Morgan fingerprint density at radius 2 is 2.11 bits per heavy atom. The third kappa shape index (κ3) is 5.42. The maximum Gasteiger partial charge on any atom is 0.192 e. The van der Waals surface area contributed by atoms with E-state index in [4.69, 9.17) is 6.42 Å². The van der Waals surface area contributed by atoms with Gasteiger partial charge in [-0.05, 0) is 26.8 Å². The quantitative estimate of drug-likeness (QED) is 0.420. The molecule has 4 heteroatoms. The lowest BCUT2D eigenvalue weighted by atomic mass is 10.2. The van der Waals surface area contributed by atoms with Crippen molar-refractivity contribution >= 4 is 5.96 Å². The van der Waals surface area contributed by atoms with Crippen LogP contribution >= 0.6 is 0 Å². The zero-order valence-electron chi connectivity index (χ0n) is 11.7. The van der Waals surface area contributed by atoms with Gasteiger partial charge in [0, 0.05) is 19.1 Å². The SMILES string of the molecule is C#CCNC(=NCCN(C)C1CCCC1)NCC.